The summed E-state index contributed by atoms with van der Waals surface area (Å²) in [4.78, 5) is 2.22. The number of nitrogens with zero attached hydrogens (tertiary/aromatic N) is 1. The van der Waals surface area contributed by atoms with Crippen molar-refractivity contribution in [2.75, 3.05) is 20.6 Å². The van der Waals surface area contributed by atoms with Crippen molar-refractivity contribution >= 4 is 0 Å². The second-order valence-corrected chi connectivity index (χ2v) is 5.77. The highest BCUT2D eigenvalue weighted by Gasteiger charge is 2.23. The third-order valence-electron chi connectivity index (χ3n) is 4.18. The molecule has 0 aromatic carbocycles. The van der Waals surface area contributed by atoms with Crippen LogP contribution in [0.15, 0.2) is 22.8 Å². The van der Waals surface area contributed by atoms with Crippen LogP contribution >= 0.6 is 0 Å². The molecule has 1 saturated carbocycles. The molecule has 0 saturated heterocycles. The molecule has 3 atom stereocenters. The van der Waals surface area contributed by atoms with Gasteiger partial charge in [0.2, 0.25) is 0 Å². The van der Waals surface area contributed by atoms with E-state index >= 15 is 0 Å². The minimum Gasteiger partial charge on any atom is -0.468 e. The summed E-state index contributed by atoms with van der Waals surface area (Å²) in [6.07, 6.45) is 7.21. The Hall–Kier alpha value is -0.800. The quantitative estimate of drug-likeness (QED) is 0.870. The molecule has 0 aliphatic heterocycles. The van der Waals surface area contributed by atoms with Gasteiger partial charge in [0, 0.05) is 12.6 Å². The number of nitrogens with one attached hydrogen (secondary N) is 1. The topological polar surface area (TPSA) is 28.4 Å². The van der Waals surface area contributed by atoms with E-state index in [-0.39, 0.29) is 0 Å². The minimum absolute atomic E-state index is 0.328. The van der Waals surface area contributed by atoms with Crippen LogP contribution in [0, 0.1) is 5.92 Å². The lowest BCUT2D eigenvalue weighted by molar-refractivity contribution is 0.215. The third kappa shape index (κ3) is 3.36. The normalized spacial score (nSPS) is 26.4. The summed E-state index contributed by atoms with van der Waals surface area (Å²) in [6, 6.07) is 5.04. The molecule has 2 rings (SSSR count). The maximum atomic E-state index is 5.54. The molecule has 1 aromatic heterocycles. The SMILES string of the molecule is CC1CCCCC1NCC(c1ccco1)N(C)C. The van der Waals surface area contributed by atoms with Crippen LogP contribution < -0.4 is 5.32 Å². The fourth-order valence-electron chi connectivity index (χ4n) is 2.90. The van der Waals surface area contributed by atoms with Gasteiger partial charge < -0.3 is 9.73 Å². The van der Waals surface area contributed by atoms with Gasteiger partial charge >= 0.3 is 0 Å². The highest BCUT2D eigenvalue weighted by Crippen LogP contribution is 2.25. The number of hydrogen-bond acceptors (Lipinski definition) is 3. The van der Waals surface area contributed by atoms with E-state index in [1.54, 1.807) is 6.26 Å². The molecule has 3 heteroatoms. The smallest absolute Gasteiger partial charge is 0.122 e. The molecular formula is C15H26N2O. The van der Waals surface area contributed by atoms with Crippen LogP contribution in [0.5, 0.6) is 0 Å². The van der Waals surface area contributed by atoms with E-state index in [0.29, 0.717) is 12.1 Å². The highest BCUT2D eigenvalue weighted by molar-refractivity contribution is 5.05. The van der Waals surface area contributed by atoms with Gasteiger partial charge in [-0.15, -0.1) is 0 Å². The second-order valence-electron chi connectivity index (χ2n) is 5.77. The van der Waals surface area contributed by atoms with Crippen molar-refractivity contribution in [2.45, 2.75) is 44.7 Å². The molecule has 3 unspecified atom stereocenters. The monoisotopic (exact) mass is 250 g/mol. The van der Waals surface area contributed by atoms with Crippen LogP contribution in [0.3, 0.4) is 0 Å². The molecule has 18 heavy (non-hydrogen) atoms. The Labute approximate surface area is 111 Å². The lowest BCUT2D eigenvalue weighted by atomic mass is 9.86. The molecule has 0 radical (unpaired) electrons. The summed E-state index contributed by atoms with van der Waals surface area (Å²) in [5, 5.41) is 3.74. The first kappa shape index (κ1) is 13.6. The molecule has 0 amide bonds. The zero-order valence-electron chi connectivity index (χ0n) is 11.9. The molecule has 3 nitrogen and oxygen atoms in total. The van der Waals surface area contributed by atoms with E-state index in [1.165, 1.54) is 25.7 Å². The van der Waals surface area contributed by atoms with Crippen LogP contribution in [0.1, 0.15) is 44.4 Å². The minimum atomic E-state index is 0.328. The van der Waals surface area contributed by atoms with Crippen molar-refractivity contribution in [2.24, 2.45) is 5.92 Å². The average molecular weight is 250 g/mol. The lowest BCUT2D eigenvalue weighted by Crippen LogP contribution is -2.41. The van der Waals surface area contributed by atoms with Gasteiger partial charge in [-0.2, -0.15) is 0 Å². The average Bonchev–Trinajstić information content (AvgIpc) is 2.85. The largest absolute Gasteiger partial charge is 0.468 e. The van der Waals surface area contributed by atoms with Gasteiger partial charge in [0.25, 0.3) is 0 Å². The van der Waals surface area contributed by atoms with Crippen molar-refractivity contribution < 1.29 is 4.42 Å². The lowest BCUT2D eigenvalue weighted by Gasteiger charge is -2.32. The molecule has 1 aliphatic rings. The molecule has 0 spiro atoms. The number of rotatable bonds is 5. The van der Waals surface area contributed by atoms with Crippen LogP contribution in [0.2, 0.25) is 0 Å². The Kier molecular flexibility index (Phi) is 4.84. The maximum absolute atomic E-state index is 5.54. The molecule has 0 bridgehead atoms. The Bertz CT molecular complexity index is 334. The van der Waals surface area contributed by atoms with Crippen LogP contribution in [-0.4, -0.2) is 31.6 Å². The van der Waals surface area contributed by atoms with Gasteiger partial charge in [0.15, 0.2) is 0 Å². The molecule has 1 aliphatic carbocycles. The van der Waals surface area contributed by atoms with Crippen LogP contribution in [0.25, 0.3) is 0 Å². The van der Waals surface area contributed by atoms with E-state index < -0.39 is 0 Å². The van der Waals surface area contributed by atoms with E-state index in [1.807, 2.05) is 6.07 Å². The summed E-state index contributed by atoms with van der Waals surface area (Å²) in [5.41, 5.74) is 0. The predicted octanol–water partition coefficient (Wildman–Crippen LogP) is 3.05. The first-order valence-corrected chi connectivity index (χ1v) is 7.11. The van der Waals surface area contributed by atoms with Gasteiger partial charge in [-0.1, -0.05) is 19.8 Å². The number of furan rings is 1. The van der Waals surface area contributed by atoms with Crippen molar-refractivity contribution in [3.63, 3.8) is 0 Å². The molecule has 1 heterocycles. The van der Waals surface area contributed by atoms with Crippen LogP contribution in [0.4, 0.5) is 0 Å². The van der Waals surface area contributed by atoms with Gasteiger partial charge in [-0.05, 0) is 45.0 Å². The van der Waals surface area contributed by atoms with Crippen molar-refractivity contribution in [3.8, 4) is 0 Å². The fourth-order valence-corrected chi connectivity index (χ4v) is 2.90. The summed E-state index contributed by atoms with van der Waals surface area (Å²) in [7, 11) is 4.22. The molecule has 1 aromatic rings. The fraction of sp³-hybridized carbons (Fsp3) is 0.733. The molecule has 1 fully saturated rings. The Morgan fingerprint density at radius 2 is 2.17 bits per heavy atom. The Balaban J connectivity index is 1.90. The zero-order chi connectivity index (χ0) is 13.0. The van der Waals surface area contributed by atoms with Gasteiger partial charge in [-0.3, -0.25) is 4.90 Å². The van der Waals surface area contributed by atoms with Crippen LogP contribution in [-0.2, 0) is 0 Å². The maximum Gasteiger partial charge on any atom is 0.122 e. The Morgan fingerprint density at radius 3 is 2.78 bits per heavy atom. The van der Waals surface area contributed by atoms with Gasteiger partial charge in [0.05, 0.1) is 12.3 Å². The number of hydrogen-bond donors (Lipinski definition) is 1. The first-order chi connectivity index (χ1) is 8.68. The Morgan fingerprint density at radius 1 is 1.39 bits per heavy atom. The molecule has 1 N–H and O–H groups in total. The van der Waals surface area contributed by atoms with E-state index in [2.05, 4.69) is 37.3 Å². The van der Waals surface area contributed by atoms with Crippen molar-refractivity contribution in [1.82, 2.24) is 10.2 Å². The van der Waals surface area contributed by atoms with E-state index in [9.17, 15) is 0 Å². The second kappa shape index (κ2) is 6.39. The van der Waals surface area contributed by atoms with E-state index in [0.717, 1.165) is 18.2 Å². The summed E-state index contributed by atoms with van der Waals surface area (Å²) in [5.74, 6) is 1.86. The third-order valence-corrected chi connectivity index (χ3v) is 4.18. The number of likely N-dealkylation sites (N-methyl/N-ethyl adjacent to an activating group) is 1. The molecule has 102 valence electrons. The van der Waals surface area contributed by atoms with E-state index in [4.69, 9.17) is 4.42 Å². The summed E-state index contributed by atoms with van der Waals surface area (Å²) < 4.78 is 5.54. The summed E-state index contributed by atoms with van der Waals surface area (Å²) >= 11 is 0. The van der Waals surface area contributed by atoms with Gasteiger partial charge in [-0.25, -0.2) is 0 Å². The predicted molar refractivity (Wildman–Crippen MR) is 74.6 cm³/mol. The van der Waals surface area contributed by atoms with Crippen molar-refractivity contribution in [3.05, 3.63) is 24.2 Å². The van der Waals surface area contributed by atoms with Crippen molar-refractivity contribution in [1.29, 1.82) is 0 Å². The first-order valence-electron chi connectivity index (χ1n) is 7.11. The standard InChI is InChI=1S/C15H26N2O/c1-12-7-4-5-8-13(12)16-11-14(17(2)3)15-9-6-10-18-15/h6,9-10,12-14,16H,4-5,7-8,11H2,1-3H3. The highest BCUT2D eigenvalue weighted by atomic mass is 16.3. The van der Waals surface area contributed by atoms with Gasteiger partial charge in [0.1, 0.15) is 5.76 Å². The molecular weight excluding hydrogens is 224 g/mol. The zero-order valence-corrected chi connectivity index (χ0v) is 11.9. The summed E-state index contributed by atoms with van der Waals surface area (Å²) in [6.45, 7) is 3.34.